The molecule has 2 nitrogen and oxygen atoms in total. The van der Waals surface area contributed by atoms with Crippen molar-refractivity contribution in [1.82, 2.24) is 4.98 Å². The maximum Gasteiger partial charge on any atom is 0.0957 e. The van der Waals surface area contributed by atoms with Gasteiger partial charge in [0.1, 0.15) is 0 Å². The maximum atomic E-state index is 6.16. The third-order valence-corrected chi connectivity index (χ3v) is 4.38. The van der Waals surface area contributed by atoms with E-state index < -0.39 is 0 Å². The molecule has 0 atom stereocenters. The fourth-order valence-electron chi connectivity index (χ4n) is 2.19. The molecule has 0 saturated heterocycles. The lowest BCUT2D eigenvalue weighted by molar-refractivity contribution is 0.721. The molecule has 96 valence electrons. The van der Waals surface area contributed by atoms with Crippen LogP contribution in [0.1, 0.15) is 36.6 Å². The van der Waals surface area contributed by atoms with Gasteiger partial charge in [0, 0.05) is 16.6 Å². The van der Waals surface area contributed by atoms with E-state index in [-0.39, 0.29) is 0 Å². The molecule has 18 heavy (non-hydrogen) atoms. The Morgan fingerprint density at radius 1 is 1.28 bits per heavy atom. The number of hydrogen-bond acceptors (Lipinski definition) is 3. The lowest BCUT2D eigenvalue weighted by atomic mass is 10.1. The standard InChI is InChI=1S/C15H20N2S/c1-3-4-5-9-13-11(2)14(15(16)18-13)12-8-6-7-10-17-12/h6-8,10H,3-5,9,16H2,1-2H3. The second kappa shape index (κ2) is 6.01. The first-order valence-corrected chi connectivity index (χ1v) is 7.34. The second-order valence-electron chi connectivity index (χ2n) is 4.56. The number of aromatic nitrogens is 1. The second-order valence-corrected chi connectivity index (χ2v) is 5.70. The lowest BCUT2D eigenvalue weighted by Crippen LogP contribution is -1.89. The van der Waals surface area contributed by atoms with Crippen LogP contribution in [0.3, 0.4) is 0 Å². The van der Waals surface area contributed by atoms with E-state index >= 15 is 0 Å². The molecule has 2 N–H and O–H groups in total. The smallest absolute Gasteiger partial charge is 0.0957 e. The molecule has 3 heteroatoms. The van der Waals surface area contributed by atoms with Gasteiger partial charge in [-0.25, -0.2) is 0 Å². The van der Waals surface area contributed by atoms with E-state index in [1.807, 2.05) is 24.4 Å². The van der Waals surface area contributed by atoms with Crippen molar-refractivity contribution in [2.75, 3.05) is 5.73 Å². The molecule has 0 spiro atoms. The highest BCUT2D eigenvalue weighted by Crippen LogP contribution is 2.38. The summed E-state index contributed by atoms with van der Waals surface area (Å²) in [6.45, 7) is 4.40. The van der Waals surface area contributed by atoms with Crippen LogP contribution >= 0.6 is 11.3 Å². The summed E-state index contributed by atoms with van der Waals surface area (Å²) in [6, 6.07) is 5.97. The van der Waals surface area contributed by atoms with Gasteiger partial charge >= 0.3 is 0 Å². The van der Waals surface area contributed by atoms with Gasteiger partial charge in [0.05, 0.1) is 10.7 Å². The van der Waals surface area contributed by atoms with Crippen LogP contribution in [0, 0.1) is 6.92 Å². The number of pyridine rings is 1. The summed E-state index contributed by atoms with van der Waals surface area (Å²) in [7, 11) is 0. The van der Waals surface area contributed by atoms with Crippen molar-refractivity contribution in [2.24, 2.45) is 0 Å². The van der Waals surface area contributed by atoms with Crippen molar-refractivity contribution in [3.05, 3.63) is 34.8 Å². The number of thiophene rings is 1. The molecule has 0 fully saturated rings. The summed E-state index contributed by atoms with van der Waals surface area (Å²) in [5, 5.41) is 0.901. The first-order valence-electron chi connectivity index (χ1n) is 6.53. The predicted molar refractivity (Wildman–Crippen MR) is 79.9 cm³/mol. The number of unbranched alkanes of at least 4 members (excludes halogenated alkanes) is 2. The summed E-state index contributed by atoms with van der Waals surface area (Å²) >= 11 is 1.72. The molecular formula is C15H20N2S. The molecule has 0 amide bonds. The predicted octanol–water partition coefficient (Wildman–Crippen LogP) is 4.43. The minimum absolute atomic E-state index is 0.901. The number of nitrogens with zero attached hydrogens (tertiary/aromatic N) is 1. The molecule has 0 aliphatic rings. The van der Waals surface area contributed by atoms with E-state index in [0.29, 0.717) is 0 Å². The minimum atomic E-state index is 0.901. The van der Waals surface area contributed by atoms with Crippen LogP contribution in [0.15, 0.2) is 24.4 Å². The maximum absolute atomic E-state index is 6.16. The van der Waals surface area contributed by atoms with E-state index in [1.54, 1.807) is 11.3 Å². The van der Waals surface area contributed by atoms with Crippen molar-refractivity contribution in [2.45, 2.75) is 39.5 Å². The van der Waals surface area contributed by atoms with E-state index in [0.717, 1.165) is 22.7 Å². The number of rotatable bonds is 5. The highest BCUT2D eigenvalue weighted by molar-refractivity contribution is 7.16. The van der Waals surface area contributed by atoms with E-state index in [4.69, 9.17) is 5.73 Å². The van der Waals surface area contributed by atoms with E-state index in [9.17, 15) is 0 Å². The van der Waals surface area contributed by atoms with Crippen LogP contribution in [0.5, 0.6) is 0 Å². The molecular weight excluding hydrogens is 240 g/mol. The van der Waals surface area contributed by atoms with Gasteiger partial charge in [0.15, 0.2) is 0 Å². The van der Waals surface area contributed by atoms with Crippen LogP contribution in [0.25, 0.3) is 11.3 Å². The van der Waals surface area contributed by atoms with Gasteiger partial charge in [0.2, 0.25) is 0 Å². The Balaban J connectivity index is 2.27. The number of nitrogen functional groups attached to an aromatic ring is 1. The van der Waals surface area contributed by atoms with Crippen LogP contribution in [-0.2, 0) is 6.42 Å². The topological polar surface area (TPSA) is 38.9 Å². The van der Waals surface area contributed by atoms with Gasteiger partial charge in [0.25, 0.3) is 0 Å². The Kier molecular flexibility index (Phi) is 4.37. The zero-order valence-corrected chi connectivity index (χ0v) is 11.9. The summed E-state index contributed by atoms with van der Waals surface area (Å²) in [4.78, 5) is 5.83. The fourth-order valence-corrected chi connectivity index (χ4v) is 3.31. The Morgan fingerprint density at radius 2 is 2.11 bits per heavy atom. The monoisotopic (exact) mass is 260 g/mol. The van der Waals surface area contributed by atoms with E-state index in [2.05, 4.69) is 18.8 Å². The average molecular weight is 260 g/mol. The van der Waals surface area contributed by atoms with Gasteiger partial charge in [-0.1, -0.05) is 25.8 Å². The largest absolute Gasteiger partial charge is 0.390 e. The van der Waals surface area contributed by atoms with Gasteiger partial charge < -0.3 is 5.73 Å². The molecule has 0 saturated carbocycles. The molecule has 2 rings (SSSR count). The lowest BCUT2D eigenvalue weighted by Gasteiger charge is -2.02. The van der Waals surface area contributed by atoms with Crippen molar-refractivity contribution in [3.63, 3.8) is 0 Å². The Bertz CT molecular complexity index is 503. The summed E-state index contributed by atoms with van der Waals surface area (Å²) in [5.74, 6) is 0. The summed E-state index contributed by atoms with van der Waals surface area (Å²) in [5.41, 5.74) is 9.59. The summed E-state index contributed by atoms with van der Waals surface area (Å²) < 4.78 is 0. The average Bonchev–Trinajstić information content (AvgIpc) is 2.66. The van der Waals surface area contributed by atoms with Crippen LogP contribution < -0.4 is 5.73 Å². The van der Waals surface area contributed by atoms with Crippen molar-refractivity contribution in [3.8, 4) is 11.3 Å². The van der Waals surface area contributed by atoms with Gasteiger partial charge in [-0.05, 0) is 37.5 Å². The Labute approximate surface area is 113 Å². The fraction of sp³-hybridized carbons (Fsp3) is 0.400. The van der Waals surface area contributed by atoms with Crippen molar-refractivity contribution >= 4 is 16.3 Å². The molecule has 0 aliphatic heterocycles. The number of nitrogens with two attached hydrogens (primary N) is 1. The third-order valence-electron chi connectivity index (χ3n) is 3.20. The highest BCUT2D eigenvalue weighted by atomic mass is 32.1. The molecule has 2 aromatic heterocycles. The highest BCUT2D eigenvalue weighted by Gasteiger charge is 2.14. The van der Waals surface area contributed by atoms with Gasteiger partial charge in [-0.15, -0.1) is 11.3 Å². The molecule has 2 aromatic rings. The van der Waals surface area contributed by atoms with Crippen LogP contribution in [0.2, 0.25) is 0 Å². The molecule has 0 aliphatic carbocycles. The molecule has 0 radical (unpaired) electrons. The van der Waals surface area contributed by atoms with Crippen LogP contribution in [0.4, 0.5) is 5.00 Å². The first kappa shape index (κ1) is 13.1. The minimum Gasteiger partial charge on any atom is -0.390 e. The molecule has 0 unspecified atom stereocenters. The van der Waals surface area contributed by atoms with E-state index in [1.165, 1.54) is 29.7 Å². The zero-order valence-electron chi connectivity index (χ0n) is 11.1. The van der Waals surface area contributed by atoms with Crippen molar-refractivity contribution in [1.29, 1.82) is 0 Å². The summed E-state index contributed by atoms with van der Waals surface area (Å²) in [6.07, 6.45) is 6.76. The Hall–Kier alpha value is -1.35. The number of aryl methyl sites for hydroxylation is 1. The number of anilines is 1. The SMILES string of the molecule is CCCCCc1sc(N)c(-c2ccccn2)c1C. The molecule has 2 heterocycles. The molecule has 0 bridgehead atoms. The Morgan fingerprint density at radius 3 is 2.78 bits per heavy atom. The number of hydrogen-bond donors (Lipinski definition) is 1. The quantitative estimate of drug-likeness (QED) is 0.807. The normalized spacial score (nSPS) is 10.8. The first-order chi connectivity index (χ1) is 8.74. The van der Waals surface area contributed by atoms with Gasteiger partial charge in [-0.3, -0.25) is 4.98 Å². The van der Waals surface area contributed by atoms with Crippen LogP contribution in [-0.4, -0.2) is 4.98 Å². The molecule has 0 aromatic carbocycles. The third kappa shape index (κ3) is 2.72. The zero-order chi connectivity index (χ0) is 13.0. The van der Waals surface area contributed by atoms with Gasteiger partial charge in [-0.2, -0.15) is 0 Å². The van der Waals surface area contributed by atoms with Crippen molar-refractivity contribution < 1.29 is 0 Å².